The van der Waals surface area contributed by atoms with Gasteiger partial charge in [0.2, 0.25) is 5.90 Å². The van der Waals surface area contributed by atoms with E-state index in [1.807, 2.05) is 55.5 Å². The van der Waals surface area contributed by atoms with E-state index in [9.17, 15) is 4.79 Å². The van der Waals surface area contributed by atoms with E-state index >= 15 is 0 Å². The van der Waals surface area contributed by atoms with E-state index in [0.717, 1.165) is 15.6 Å². The second kappa shape index (κ2) is 9.71. The van der Waals surface area contributed by atoms with Gasteiger partial charge in [-0.25, -0.2) is 9.79 Å². The first kappa shape index (κ1) is 22.3. The lowest BCUT2D eigenvalue weighted by atomic mass is 10.1. The number of esters is 1. The molecule has 0 fully saturated rings. The Morgan fingerprint density at radius 1 is 1.03 bits per heavy atom. The number of aliphatic imine (C=N–C) groups is 1. The summed E-state index contributed by atoms with van der Waals surface area (Å²) >= 11 is 7.01. The lowest BCUT2D eigenvalue weighted by Crippen LogP contribution is -2.05. The Balaban J connectivity index is 1.60. The van der Waals surface area contributed by atoms with Crippen molar-refractivity contribution in [3.63, 3.8) is 0 Å². The average molecular weight is 557 g/mol. The number of carbonyl (C=O) groups is 1. The zero-order valence-electron chi connectivity index (χ0n) is 17.4. The van der Waals surface area contributed by atoms with Gasteiger partial charge in [-0.2, -0.15) is 0 Å². The molecule has 0 spiro atoms. The lowest BCUT2D eigenvalue weighted by Gasteiger charge is -2.14. The fourth-order valence-corrected chi connectivity index (χ4v) is 4.27. The number of carbonyl (C=O) groups excluding carboxylic acids is 1. The molecule has 0 N–H and O–H groups in total. The summed E-state index contributed by atoms with van der Waals surface area (Å²) in [6, 6.07) is 19.2. The van der Waals surface area contributed by atoms with E-state index in [-0.39, 0.29) is 11.6 Å². The van der Waals surface area contributed by atoms with Crippen LogP contribution in [0.4, 0.5) is 0 Å². The van der Waals surface area contributed by atoms with Gasteiger partial charge in [0, 0.05) is 4.47 Å². The summed E-state index contributed by atoms with van der Waals surface area (Å²) < 4.78 is 18.4. The zero-order chi connectivity index (χ0) is 22.7. The molecule has 32 heavy (non-hydrogen) atoms. The summed E-state index contributed by atoms with van der Waals surface area (Å²) in [7, 11) is 1.57. The standard InChI is InChI=1S/C25H19Br2NO4/c1-15-6-5-7-16(10-15)14-31-23-20(27)11-17(13-22(23)30-2)12-21-25(29)32-24(28-21)18-8-3-4-9-19(18)26/h3-13H,14H2,1-2H3/b21-12-. The van der Waals surface area contributed by atoms with E-state index in [1.54, 1.807) is 19.3 Å². The minimum atomic E-state index is -0.509. The number of nitrogens with zero attached hydrogens (tertiary/aromatic N) is 1. The second-order valence-electron chi connectivity index (χ2n) is 7.13. The summed E-state index contributed by atoms with van der Waals surface area (Å²) in [6.07, 6.45) is 1.66. The number of cyclic esters (lactones) is 1. The van der Waals surface area contributed by atoms with Crippen molar-refractivity contribution in [2.24, 2.45) is 4.99 Å². The highest BCUT2D eigenvalue weighted by molar-refractivity contribution is 9.10. The smallest absolute Gasteiger partial charge is 0.363 e. The van der Waals surface area contributed by atoms with Gasteiger partial charge in [0.1, 0.15) is 6.61 Å². The third-order valence-electron chi connectivity index (χ3n) is 4.75. The van der Waals surface area contributed by atoms with Gasteiger partial charge in [-0.05, 0) is 80.3 Å². The van der Waals surface area contributed by atoms with Crippen molar-refractivity contribution < 1.29 is 19.0 Å². The summed E-state index contributed by atoms with van der Waals surface area (Å²) in [5.74, 6) is 0.881. The Hall–Kier alpha value is -2.90. The Labute approximate surface area is 203 Å². The minimum absolute atomic E-state index is 0.207. The Bertz CT molecular complexity index is 1250. The van der Waals surface area contributed by atoms with Crippen molar-refractivity contribution in [3.8, 4) is 11.5 Å². The number of aryl methyl sites for hydroxylation is 1. The molecule has 0 aliphatic carbocycles. The van der Waals surface area contributed by atoms with Crippen LogP contribution in [-0.2, 0) is 16.1 Å². The maximum atomic E-state index is 12.4. The van der Waals surface area contributed by atoms with E-state index in [2.05, 4.69) is 42.9 Å². The molecule has 5 nitrogen and oxygen atoms in total. The fraction of sp³-hybridized carbons (Fsp3) is 0.120. The SMILES string of the molecule is COc1cc(/C=C2\N=C(c3ccccc3Br)OC2=O)cc(Br)c1OCc1cccc(C)c1. The number of rotatable bonds is 6. The maximum absolute atomic E-state index is 12.4. The summed E-state index contributed by atoms with van der Waals surface area (Å²) in [6.45, 7) is 2.45. The molecule has 0 saturated carbocycles. The van der Waals surface area contributed by atoms with Crippen LogP contribution in [0, 0.1) is 6.92 Å². The Morgan fingerprint density at radius 3 is 2.59 bits per heavy atom. The van der Waals surface area contributed by atoms with Crippen LogP contribution in [0.3, 0.4) is 0 Å². The van der Waals surface area contributed by atoms with Crippen molar-refractivity contribution in [1.82, 2.24) is 0 Å². The molecular formula is C25H19Br2NO4. The predicted octanol–water partition coefficient (Wildman–Crippen LogP) is 6.45. The van der Waals surface area contributed by atoms with Gasteiger partial charge < -0.3 is 14.2 Å². The molecule has 0 saturated heterocycles. The molecule has 0 radical (unpaired) electrons. The largest absolute Gasteiger partial charge is 0.493 e. The Morgan fingerprint density at radius 2 is 1.84 bits per heavy atom. The molecule has 0 bridgehead atoms. The molecule has 0 unspecified atom stereocenters. The van der Waals surface area contributed by atoms with Crippen molar-refractivity contribution in [3.05, 3.63) is 97.6 Å². The van der Waals surface area contributed by atoms with Crippen LogP contribution in [0.2, 0.25) is 0 Å². The van der Waals surface area contributed by atoms with Gasteiger partial charge in [-0.3, -0.25) is 0 Å². The molecular weight excluding hydrogens is 538 g/mol. The maximum Gasteiger partial charge on any atom is 0.363 e. The highest BCUT2D eigenvalue weighted by Gasteiger charge is 2.25. The first-order valence-electron chi connectivity index (χ1n) is 9.78. The third kappa shape index (κ3) is 4.95. The van der Waals surface area contributed by atoms with E-state index in [4.69, 9.17) is 14.2 Å². The molecule has 7 heteroatoms. The van der Waals surface area contributed by atoms with Crippen molar-refractivity contribution >= 4 is 49.8 Å². The van der Waals surface area contributed by atoms with Crippen LogP contribution >= 0.6 is 31.9 Å². The number of methoxy groups -OCH3 is 1. The van der Waals surface area contributed by atoms with Crippen LogP contribution in [0.5, 0.6) is 11.5 Å². The predicted molar refractivity (Wildman–Crippen MR) is 131 cm³/mol. The molecule has 1 heterocycles. The topological polar surface area (TPSA) is 57.1 Å². The molecule has 0 amide bonds. The molecule has 3 aromatic carbocycles. The number of hydrogen-bond acceptors (Lipinski definition) is 5. The normalized spacial score (nSPS) is 14.3. The fourth-order valence-electron chi connectivity index (χ4n) is 3.24. The van der Waals surface area contributed by atoms with Gasteiger partial charge in [0.25, 0.3) is 0 Å². The highest BCUT2D eigenvalue weighted by Crippen LogP contribution is 2.38. The summed E-state index contributed by atoms with van der Waals surface area (Å²) in [5.41, 5.74) is 3.87. The van der Waals surface area contributed by atoms with E-state index in [0.29, 0.717) is 28.1 Å². The number of halogens is 2. The van der Waals surface area contributed by atoms with Crippen molar-refractivity contribution in [2.75, 3.05) is 7.11 Å². The highest BCUT2D eigenvalue weighted by atomic mass is 79.9. The summed E-state index contributed by atoms with van der Waals surface area (Å²) in [5, 5.41) is 0. The second-order valence-corrected chi connectivity index (χ2v) is 8.84. The minimum Gasteiger partial charge on any atom is -0.493 e. The lowest BCUT2D eigenvalue weighted by molar-refractivity contribution is -0.129. The Kier molecular flexibility index (Phi) is 6.77. The quantitative estimate of drug-likeness (QED) is 0.258. The number of hydrogen-bond donors (Lipinski definition) is 0. The molecule has 1 aliphatic heterocycles. The van der Waals surface area contributed by atoms with Crippen LogP contribution in [0.25, 0.3) is 6.08 Å². The van der Waals surface area contributed by atoms with Crippen molar-refractivity contribution in [1.29, 1.82) is 0 Å². The van der Waals surface area contributed by atoms with E-state index < -0.39 is 5.97 Å². The molecule has 3 aromatic rings. The molecule has 4 rings (SSSR count). The van der Waals surface area contributed by atoms with Gasteiger partial charge in [0.05, 0.1) is 17.1 Å². The third-order valence-corrected chi connectivity index (χ3v) is 6.03. The van der Waals surface area contributed by atoms with Crippen molar-refractivity contribution in [2.45, 2.75) is 13.5 Å². The van der Waals surface area contributed by atoms with Gasteiger partial charge in [-0.15, -0.1) is 0 Å². The van der Waals surface area contributed by atoms with Gasteiger partial charge >= 0.3 is 5.97 Å². The number of ether oxygens (including phenoxy) is 3. The molecule has 0 atom stereocenters. The first-order valence-corrected chi connectivity index (χ1v) is 11.4. The monoisotopic (exact) mass is 555 g/mol. The molecule has 0 aromatic heterocycles. The first-order chi connectivity index (χ1) is 15.4. The molecule has 1 aliphatic rings. The molecule has 162 valence electrons. The average Bonchev–Trinajstić information content (AvgIpc) is 3.13. The van der Waals surface area contributed by atoms with E-state index in [1.165, 1.54) is 5.56 Å². The van der Waals surface area contributed by atoms with Crippen LogP contribution in [-0.4, -0.2) is 19.0 Å². The van der Waals surface area contributed by atoms with Crippen LogP contribution < -0.4 is 9.47 Å². The van der Waals surface area contributed by atoms with Gasteiger partial charge in [-0.1, -0.05) is 42.0 Å². The van der Waals surface area contributed by atoms with Gasteiger partial charge in [0.15, 0.2) is 17.2 Å². The summed E-state index contributed by atoms with van der Waals surface area (Å²) in [4.78, 5) is 16.8. The number of benzene rings is 3. The van der Waals surface area contributed by atoms with Crippen LogP contribution in [0.15, 0.2) is 80.3 Å². The van der Waals surface area contributed by atoms with Crippen LogP contribution in [0.1, 0.15) is 22.3 Å². The zero-order valence-corrected chi connectivity index (χ0v) is 20.6.